The first-order valence-electron chi connectivity index (χ1n) is 9.78. The first-order valence-corrected chi connectivity index (χ1v) is 9.78. The van der Waals surface area contributed by atoms with Gasteiger partial charge in [-0.2, -0.15) is 0 Å². The molecule has 0 atom stereocenters. The van der Waals surface area contributed by atoms with Crippen molar-refractivity contribution < 1.29 is 9.47 Å². The first-order chi connectivity index (χ1) is 12.9. The Morgan fingerprint density at radius 3 is 2.85 bits per heavy atom. The lowest BCUT2D eigenvalue weighted by Crippen LogP contribution is -2.37. The fourth-order valence-electron chi connectivity index (χ4n) is 3.87. The molecule has 6 heteroatoms. The molecular weight excluding hydrogens is 328 g/mol. The predicted octanol–water partition coefficient (Wildman–Crippen LogP) is 2.20. The van der Waals surface area contributed by atoms with E-state index in [9.17, 15) is 0 Å². The maximum Gasteiger partial charge on any atom is 0.121 e. The van der Waals surface area contributed by atoms with Crippen LogP contribution in [0.15, 0.2) is 24.5 Å². The van der Waals surface area contributed by atoms with Crippen LogP contribution in [-0.4, -0.2) is 67.4 Å². The van der Waals surface area contributed by atoms with E-state index in [0.29, 0.717) is 5.92 Å². The molecule has 1 aromatic heterocycles. The van der Waals surface area contributed by atoms with E-state index < -0.39 is 0 Å². The van der Waals surface area contributed by atoms with Crippen LogP contribution in [0.1, 0.15) is 30.9 Å². The van der Waals surface area contributed by atoms with Crippen molar-refractivity contribution in [1.82, 2.24) is 20.2 Å². The summed E-state index contributed by atoms with van der Waals surface area (Å²) in [6.45, 7) is 7.71. The molecule has 0 bridgehead atoms. The Morgan fingerprint density at radius 1 is 1.15 bits per heavy atom. The highest BCUT2D eigenvalue weighted by atomic mass is 16.5. The highest BCUT2D eigenvalue weighted by Crippen LogP contribution is 2.30. The number of hydrogen-bond donors (Lipinski definition) is 1. The van der Waals surface area contributed by atoms with Crippen molar-refractivity contribution in [2.75, 3.05) is 52.5 Å². The largest absolute Gasteiger partial charge is 0.493 e. The third kappa shape index (κ3) is 4.31. The van der Waals surface area contributed by atoms with E-state index in [2.05, 4.69) is 38.4 Å². The van der Waals surface area contributed by atoms with Gasteiger partial charge in [-0.1, -0.05) is 0 Å². The zero-order valence-electron chi connectivity index (χ0n) is 15.3. The summed E-state index contributed by atoms with van der Waals surface area (Å²) in [7, 11) is 0. The highest BCUT2D eigenvalue weighted by Gasteiger charge is 2.19. The molecule has 1 N–H and O–H groups in total. The van der Waals surface area contributed by atoms with Crippen LogP contribution in [0.5, 0.6) is 5.75 Å². The van der Waals surface area contributed by atoms with Gasteiger partial charge in [0.1, 0.15) is 12.1 Å². The molecule has 140 valence electrons. The van der Waals surface area contributed by atoms with E-state index in [1.54, 1.807) is 6.33 Å². The van der Waals surface area contributed by atoms with Crippen LogP contribution in [0.3, 0.4) is 0 Å². The zero-order chi connectivity index (χ0) is 17.6. The molecular formula is C20H28N4O2. The maximum absolute atomic E-state index is 5.96. The van der Waals surface area contributed by atoms with Gasteiger partial charge >= 0.3 is 0 Å². The van der Waals surface area contributed by atoms with Gasteiger partial charge in [0.25, 0.3) is 0 Å². The Bertz CT molecular complexity index is 712. The molecule has 0 spiro atoms. The molecule has 4 rings (SSSR count). The van der Waals surface area contributed by atoms with Gasteiger partial charge in [0.2, 0.25) is 0 Å². The summed E-state index contributed by atoms with van der Waals surface area (Å²) in [4.78, 5) is 11.5. The molecule has 2 fully saturated rings. The number of nitrogens with zero attached hydrogens (tertiary/aromatic N) is 3. The Balaban J connectivity index is 1.36. The van der Waals surface area contributed by atoms with Gasteiger partial charge in [-0.15, -0.1) is 0 Å². The molecule has 3 heterocycles. The van der Waals surface area contributed by atoms with Crippen LogP contribution in [0.25, 0.3) is 10.9 Å². The summed E-state index contributed by atoms with van der Waals surface area (Å²) in [6.07, 6.45) is 5.02. The van der Waals surface area contributed by atoms with E-state index >= 15 is 0 Å². The standard InChI is InChI=1S/C20H28N4O2/c1(8-24-9-12-25-13-10-24)11-26-17-2-3-18-19(14-17)22-15-23-20(18)16-4-6-21-7-5-16/h2-3,14-16,21H,1,4-13H2. The van der Waals surface area contributed by atoms with Crippen LogP contribution in [-0.2, 0) is 4.74 Å². The molecule has 0 unspecified atom stereocenters. The smallest absolute Gasteiger partial charge is 0.121 e. The van der Waals surface area contributed by atoms with E-state index in [4.69, 9.17) is 9.47 Å². The van der Waals surface area contributed by atoms with Crippen molar-refractivity contribution >= 4 is 10.9 Å². The summed E-state index contributed by atoms with van der Waals surface area (Å²) in [5.41, 5.74) is 2.18. The molecule has 2 aromatic rings. The average Bonchev–Trinajstić information content (AvgIpc) is 2.72. The lowest BCUT2D eigenvalue weighted by molar-refractivity contribution is 0.0358. The molecule has 0 aliphatic carbocycles. The summed E-state index contributed by atoms with van der Waals surface area (Å²) in [5, 5.41) is 4.59. The first kappa shape index (κ1) is 17.6. The number of ether oxygens (including phenoxy) is 2. The minimum absolute atomic E-state index is 0.530. The van der Waals surface area contributed by atoms with Gasteiger partial charge < -0.3 is 14.8 Å². The number of morpholine rings is 1. The third-order valence-electron chi connectivity index (χ3n) is 5.36. The number of nitrogens with one attached hydrogen (secondary N) is 1. The van der Waals surface area contributed by atoms with Crippen LogP contribution in [0.4, 0.5) is 0 Å². The van der Waals surface area contributed by atoms with Crippen molar-refractivity contribution in [2.24, 2.45) is 0 Å². The third-order valence-corrected chi connectivity index (χ3v) is 5.36. The van der Waals surface area contributed by atoms with Gasteiger partial charge in [0.05, 0.1) is 31.0 Å². The number of hydrogen-bond acceptors (Lipinski definition) is 6. The van der Waals surface area contributed by atoms with Gasteiger partial charge in [-0.3, -0.25) is 4.90 Å². The number of benzene rings is 1. The molecule has 0 saturated carbocycles. The Kier molecular flexibility index (Phi) is 5.94. The summed E-state index contributed by atoms with van der Waals surface area (Å²) in [5.74, 6) is 1.43. The molecule has 1 aromatic carbocycles. The average molecular weight is 356 g/mol. The van der Waals surface area contributed by atoms with E-state index in [1.807, 2.05) is 0 Å². The number of rotatable bonds is 6. The minimum Gasteiger partial charge on any atom is -0.493 e. The Hall–Kier alpha value is -1.76. The van der Waals surface area contributed by atoms with E-state index in [-0.39, 0.29) is 0 Å². The SMILES string of the molecule is c1nc(C2CCNCC2)c2ccc(OCCCN3CCOCC3)cc2n1. The summed E-state index contributed by atoms with van der Waals surface area (Å²) < 4.78 is 11.3. The Morgan fingerprint density at radius 2 is 2.00 bits per heavy atom. The lowest BCUT2D eigenvalue weighted by Gasteiger charge is -2.26. The number of fused-ring (bicyclic) bond motifs is 1. The van der Waals surface area contributed by atoms with Crippen molar-refractivity contribution in [2.45, 2.75) is 25.2 Å². The highest BCUT2D eigenvalue weighted by molar-refractivity contribution is 5.82. The normalized spacial score (nSPS) is 19.7. The molecule has 2 saturated heterocycles. The quantitative estimate of drug-likeness (QED) is 0.801. The van der Waals surface area contributed by atoms with Crippen molar-refractivity contribution in [1.29, 1.82) is 0 Å². The van der Waals surface area contributed by atoms with Crippen molar-refractivity contribution in [3.63, 3.8) is 0 Å². The topological polar surface area (TPSA) is 59.5 Å². The van der Waals surface area contributed by atoms with Crippen molar-refractivity contribution in [3.05, 3.63) is 30.2 Å². The van der Waals surface area contributed by atoms with Crippen LogP contribution in [0.2, 0.25) is 0 Å². The van der Waals surface area contributed by atoms with Gasteiger partial charge in [0, 0.05) is 37.0 Å². The van der Waals surface area contributed by atoms with Gasteiger partial charge in [0.15, 0.2) is 0 Å². The summed E-state index contributed by atoms with van der Waals surface area (Å²) >= 11 is 0. The van der Waals surface area contributed by atoms with Gasteiger partial charge in [-0.25, -0.2) is 9.97 Å². The zero-order valence-corrected chi connectivity index (χ0v) is 15.3. The van der Waals surface area contributed by atoms with E-state index in [1.165, 1.54) is 11.1 Å². The van der Waals surface area contributed by atoms with Crippen molar-refractivity contribution in [3.8, 4) is 5.75 Å². The maximum atomic E-state index is 5.96. The predicted molar refractivity (Wildman–Crippen MR) is 102 cm³/mol. The fraction of sp³-hybridized carbons (Fsp3) is 0.600. The monoisotopic (exact) mass is 356 g/mol. The second-order valence-electron chi connectivity index (χ2n) is 7.12. The molecule has 26 heavy (non-hydrogen) atoms. The van der Waals surface area contributed by atoms with Crippen LogP contribution >= 0.6 is 0 Å². The molecule has 2 aliphatic rings. The van der Waals surface area contributed by atoms with Crippen LogP contribution in [0, 0.1) is 0 Å². The number of aromatic nitrogens is 2. The molecule has 0 radical (unpaired) electrons. The Labute approximate surface area is 154 Å². The molecule has 0 amide bonds. The van der Waals surface area contributed by atoms with E-state index in [0.717, 1.165) is 83.1 Å². The fourth-order valence-corrected chi connectivity index (χ4v) is 3.87. The second kappa shape index (κ2) is 8.75. The molecule has 2 aliphatic heterocycles. The number of piperidine rings is 1. The second-order valence-corrected chi connectivity index (χ2v) is 7.12. The van der Waals surface area contributed by atoms with Crippen LogP contribution < -0.4 is 10.1 Å². The molecule has 6 nitrogen and oxygen atoms in total. The lowest BCUT2D eigenvalue weighted by atomic mass is 9.92. The minimum atomic E-state index is 0.530. The van der Waals surface area contributed by atoms with Gasteiger partial charge in [-0.05, 0) is 44.5 Å². The summed E-state index contributed by atoms with van der Waals surface area (Å²) in [6, 6.07) is 6.24.